The molecule has 0 bridgehead atoms. The maximum absolute atomic E-state index is 12.4. The molecule has 1 aromatic heterocycles. The fraction of sp³-hybridized carbons (Fsp3) is 0.238. The van der Waals surface area contributed by atoms with Gasteiger partial charge in [0.25, 0.3) is 0 Å². The third-order valence-electron chi connectivity index (χ3n) is 5.14. The van der Waals surface area contributed by atoms with Crippen molar-refractivity contribution >= 4 is 11.7 Å². The van der Waals surface area contributed by atoms with Crippen LogP contribution < -0.4 is 10.1 Å². The van der Waals surface area contributed by atoms with E-state index >= 15 is 0 Å². The topological polar surface area (TPSA) is 56.1 Å². The first-order valence-corrected chi connectivity index (χ1v) is 8.67. The summed E-state index contributed by atoms with van der Waals surface area (Å²) >= 11 is 0. The van der Waals surface area contributed by atoms with Gasteiger partial charge in [0.15, 0.2) is 0 Å². The maximum Gasteiger partial charge on any atom is 0.226 e. The van der Waals surface area contributed by atoms with Crippen molar-refractivity contribution in [2.45, 2.75) is 26.2 Å². The summed E-state index contributed by atoms with van der Waals surface area (Å²) in [6.45, 7) is 4.15. The standard InChI is InChI=1S/C21H21N3O2/c1-13-5-4-6-19(14(13)2)24-21-18(12-22-24)17(11-20(25)23-21)15-7-9-16(26-3)10-8-15/h4-10,12,17H,11H2,1-3H3,(H,23,25). The quantitative estimate of drug-likeness (QED) is 0.780. The van der Waals surface area contributed by atoms with E-state index in [1.165, 1.54) is 5.56 Å². The number of rotatable bonds is 3. The zero-order valence-electron chi connectivity index (χ0n) is 15.1. The van der Waals surface area contributed by atoms with Gasteiger partial charge in [-0.1, -0.05) is 24.3 Å². The second-order valence-corrected chi connectivity index (χ2v) is 6.66. The van der Waals surface area contributed by atoms with Crippen LogP contribution in [0, 0.1) is 13.8 Å². The molecular weight excluding hydrogens is 326 g/mol. The fourth-order valence-electron chi connectivity index (χ4n) is 3.50. The van der Waals surface area contributed by atoms with Gasteiger partial charge in [-0.15, -0.1) is 0 Å². The highest BCUT2D eigenvalue weighted by atomic mass is 16.5. The predicted octanol–water partition coefficient (Wildman–Crippen LogP) is 3.97. The van der Waals surface area contributed by atoms with Gasteiger partial charge in [0.05, 0.1) is 19.0 Å². The summed E-state index contributed by atoms with van der Waals surface area (Å²) in [7, 11) is 1.65. The van der Waals surface area contributed by atoms with Gasteiger partial charge in [0, 0.05) is 17.9 Å². The number of benzene rings is 2. The average molecular weight is 347 g/mol. The van der Waals surface area contributed by atoms with Crippen molar-refractivity contribution in [3.8, 4) is 11.4 Å². The Bertz CT molecular complexity index is 973. The van der Waals surface area contributed by atoms with E-state index < -0.39 is 0 Å². The molecule has 0 spiro atoms. The Morgan fingerprint density at radius 3 is 2.65 bits per heavy atom. The summed E-state index contributed by atoms with van der Waals surface area (Å²) in [6, 6.07) is 14.0. The van der Waals surface area contributed by atoms with E-state index in [1.54, 1.807) is 7.11 Å². The van der Waals surface area contributed by atoms with Crippen molar-refractivity contribution in [2.24, 2.45) is 0 Å². The molecule has 5 nitrogen and oxygen atoms in total. The van der Waals surface area contributed by atoms with Crippen molar-refractivity contribution in [2.75, 3.05) is 12.4 Å². The van der Waals surface area contributed by atoms with E-state index in [0.717, 1.165) is 33.9 Å². The maximum atomic E-state index is 12.4. The molecule has 132 valence electrons. The van der Waals surface area contributed by atoms with Gasteiger partial charge < -0.3 is 10.1 Å². The second-order valence-electron chi connectivity index (χ2n) is 6.66. The van der Waals surface area contributed by atoms with Crippen LogP contribution >= 0.6 is 0 Å². The van der Waals surface area contributed by atoms with Crippen molar-refractivity contribution in [1.29, 1.82) is 0 Å². The number of carbonyl (C=O) groups is 1. The average Bonchev–Trinajstić information content (AvgIpc) is 3.07. The van der Waals surface area contributed by atoms with E-state index in [4.69, 9.17) is 4.74 Å². The van der Waals surface area contributed by atoms with E-state index in [9.17, 15) is 4.79 Å². The second kappa shape index (κ2) is 6.33. The Labute approximate surface area is 152 Å². The third kappa shape index (κ3) is 2.65. The molecule has 1 atom stereocenters. The lowest BCUT2D eigenvalue weighted by Gasteiger charge is -2.24. The monoisotopic (exact) mass is 347 g/mol. The smallest absolute Gasteiger partial charge is 0.226 e. The molecule has 3 aromatic rings. The number of anilines is 1. The summed E-state index contributed by atoms with van der Waals surface area (Å²) in [4.78, 5) is 12.4. The largest absolute Gasteiger partial charge is 0.497 e. The van der Waals surface area contributed by atoms with E-state index in [2.05, 4.69) is 30.3 Å². The molecule has 1 aliphatic rings. The summed E-state index contributed by atoms with van der Waals surface area (Å²) < 4.78 is 7.08. The van der Waals surface area contributed by atoms with Crippen LogP contribution in [0.25, 0.3) is 5.69 Å². The third-order valence-corrected chi connectivity index (χ3v) is 5.14. The molecule has 4 rings (SSSR count). The molecule has 1 N–H and O–H groups in total. The van der Waals surface area contributed by atoms with Crippen molar-refractivity contribution in [3.63, 3.8) is 0 Å². The molecule has 0 aliphatic carbocycles. The first-order chi connectivity index (χ1) is 12.6. The minimum absolute atomic E-state index is 0.00498. The Hall–Kier alpha value is -3.08. The Kier molecular flexibility index (Phi) is 3.99. The lowest BCUT2D eigenvalue weighted by molar-refractivity contribution is -0.116. The van der Waals surface area contributed by atoms with Crippen LogP contribution in [0.2, 0.25) is 0 Å². The number of hydrogen-bond donors (Lipinski definition) is 1. The molecule has 0 saturated carbocycles. The van der Waals surface area contributed by atoms with Crippen molar-refractivity contribution < 1.29 is 9.53 Å². The molecule has 1 aliphatic heterocycles. The Morgan fingerprint density at radius 2 is 1.92 bits per heavy atom. The molecule has 2 heterocycles. The van der Waals surface area contributed by atoms with Crippen LogP contribution in [0.3, 0.4) is 0 Å². The molecular formula is C21H21N3O2. The van der Waals surface area contributed by atoms with Gasteiger partial charge in [-0.3, -0.25) is 4.79 Å². The summed E-state index contributed by atoms with van der Waals surface area (Å²) in [6.07, 6.45) is 2.28. The molecule has 0 radical (unpaired) electrons. The first kappa shape index (κ1) is 16.4. The molecule has 2 aromatic carbocycles. The Balaban J connectivity index is 1.81. The van der Waals surface area contributed by atoms with Crippen LogP contribution in [0.5, 0.6) is 5.75 Å². The lowest BCUT2D eigenvalue weighted by atomic mass is 9.87. The van der Waals surface area contributed by atoms with Crippen LogP contribution in [0.1, 0.15) is 34.6 Å². The normalized spacial score (nSPS) is 16.1. The Morgan fingerprint density at radius 1 is 1.15 bits per heavy atom. The number of nitrogens with one attached hydrogen (secondary N) is 1. The molecule has 26 heavy (non-hydrogen) atoms. The van der Waals surface area contributed by atoms with Gasteiger partial charge in [0.2, 0.25) is 5.91 Å². The predicted molar refractivity (Wildman–Crippen MR) is 101 cm³/mol. The molecule has 0 fully saturated rings. The summed E-state index contributed by atoms with van der Waals surface area (Å²) in [5, 5.41) is 7.60. The highest BCUT2D eigenvalue weighted by Crippen LogP contribution is 2.38. The minimum Gasteiger partial charge on any atom is -0.497 e. The number of fused-ring (bicyclic) bond motifs is 1. The van der Waals surface area contributed by atoms with Gasteiger partial charge in [-0.2, -0.15) is 5.10 Å². The highest BCUT2D eigenvalue weighted by Gasteiger charge is 2.30. The number of amides is 1. The van der Waals surface area contributed by atoms with Crippen molar-refractivity contribution in [3.05, 3.63) is 70.9 Å². The number of hydrogen-bond acceptors (Lipinski definition) is 3. The number of carbonyl (C=O) groups excluding carboxylic acids is 1. The number of methoxy groups -OCH3 is 1. The van der Waals surface area contributed by atoms with Crippen molar-refractivity contribution in [1.82, 2.24) is 9.78 Å². The van der Waals surface area contributed by atoms with Crippen LogP contribution in [-0.4, -0.2) is 22.8 Å². The molecule has 1 amide bonds. The lowest BCUT2D eigenvalue weighted by Crippen LogP contribution is -2.24. The minimum atomic E-state index is -0.0106. The summed E-state index contributed by atoms with van der Waals surface area (Å²) in [5.41, 5.74) is 5.46. The van der Waals surface area contributed by atoms with E-state index in [1.807, 2.05) is 47.3 Å². The number of aromatic nitrogens is 2. The van der Waals surface area contributed by atoms with Crippen LogP contribution in [0.4, 0.5) is 5.82 Å². The molecule has 0 saturated heterocycles. The van der Waals surface area contributed by atoms with Gasteiger partial charge in [0.1, 0.15) is 11.6 Å². The fourth-order valence-corrected chi connectivity index (χ4v) is 3.50. The first-order valence-electron chi connectivity index (χ1n) is 8.67. The number of nitrogens with zero attached hydrogens (tertiary/aromatic N) is 2. The zero-order valence-corrected chi connectivity index (χ0v) is 15.1. The highest BCUT2D eigenvalue weighted by molar-refractivity contribution is 5.94. The number of ether oxygens (including phenoxy) is 1. The van der Waals surface area contributed by atoms with Gasteiger partial charge >= 0.3 is 0 Å². The van der Waals surface area contributed by atoms with Crippen LogP contribution in [0.15, 0.2) is 48.7 Å². The van der Waals surface area contributed by atoms with E-state index in [-0.39, 0.29) is 11.8 Å². The molecule has 5 heteroatoms. The van der Waals surface area contributed by atoms with Gasteiger partial charge in [-0.05, 0) is 48.7 Å². The molecule has 1 unspecified atom stereocenters. The SMILES string of the molecule is COc1ccc(C2CC(=O)Nc3c2cnn3-c2cccc(C)c2C)cc1. The summed E-state index contributed by atoms with van der Waals surface area (Å²) in [5.74, 6) is 1.56. The van der Waals surface area contributed by atoms with Gasteiger partial charge in [-0.25, -0.2) is 4.68 Å². The number of aryl methyl sites for hydroxylation is 1. The zero-order chi connectivity index (χ0) is 18.3. The van der Waals surface area contributed by atoms with E-state index in [0.29, 0.717) is 6.42 Å². The van der Waals surface area contributed by atoms with Crippen LogP contribution in [-0.2, 0) is 4.79 Å².